The second kappa shape index (κ2) is 6.78. The van der Waals surface area contributed by atoms with E-state index in [0.29, 0.717) is 24.4 Å². The molecule has 1 amide bonds. The van der Waals surface area contributed by atoms with Crippen molar-refractivity contribution in [2.45, 2.75) is 31.8 Å². The SMILES string of the molecule is COc1cccc2c1CN(C(=O)C(C)(CC(=O)O)c1ccc(F)cc1)C2. The fourth-order valence-electron chi connectivity index (χ4n) is 3.50. The lowest BCUT2D eigenvalue weighted by Gasteiger charge is -2.32. The van der Waals surface area contributed by atoms with E-state index >= 15 is 0 Å². The van der Waals surface area contributed by atoms with Gasteiger partial charge in [-0.05, 0) is 36.2 Å². The second-order valence-electron chi connectivity index (χ2n) is 6.67. The summed E-state index contributed by atoms with van der Waals surface area (Å²) < 4.78 is 18.6. The van der Waals surface area contributed by atoms with Crippen LogP contribution in [0.1, 0.15) is 30.0 Å². The summed E-state index contributed by atoms with van der Waals surface area (Å²) in [6, 6.07) is 11.1. The van der Waals surface area contributed by atoms with Gasteiger partial charge in [0.05, 0.1) is 25.5 Å². The van der Waals surface area contributed by atoms with E-state index in [-0.39, 0.29) is 12.3 Å². The summed E-state index contributed by atoms with van der Waals surface area (Å²) in [7, 11) is 1.58. The van der Waals surface area contributed by atoms with Crippen molar-refractivity contribution in [3.05, 3.63) is 65.0 Å². The Morgan fingerprint density at radius 3 is 2.50 bits per heavy atom. The highest BCUT2D eigenvalue weighted by molar-refractivity contribution is 5.92. The maximum Gasteiger partial charge on any atom is 0.304 e. The minimum absolute atomic E-state index is 0.301. The normalized spacial score (nSPS) is 15.3. The Hall–Kier alpha value is -2.89. The van der Waals surface area contributed by atoms with Crippen molar-refractivity contribution in [1.29, 1.82) is 0 Å². The molecule has 0 radical (unpaired) electrons. The number of methoxy groups -OCH3 is 1. The average Bonchev–Trinajstić information content (AvgIpc) is 3.04. The lowest BCUT2D eigenvalue weighted by atomic mass is 9.78. The predicted molar refractivity (Wildman–Crippen MR) is 93.3 cm³/mol. The topological polar surface area (TPSA) is 66.8 Å². The number of fused-ring (bicyclic) bond motifs is 1. The first-order chi connectivity index (χ1) is 12.3. The zero-order valence-corrected chi connectivity index (χ0v) is 14.7. The molecule has 2 aromatic carbocycles. The Kier molecular flexibility index (Phi) is 4.68. The molecule has 1 aliphatic rings. The van der Waals surface area contributed by atoms with Crippen LogP contribution in [-0.4, -0.2) is 29.0 Å². The molecule has 0 aromatic heterocycles. The third-order valence-corrected chi connectivity index (χ3v) is 4.91. The number of carboxylic acid groups (broad SMARTS) is 1. The Bertz CT molecular complexity index is 849. The molecular formula is C20H20FNO4. The molecule has 5 nitrogen and oxygen atoms in total. The molecule has 0 fully saturated rings. The summed E-state index contributed by atoms with van der Waals surface area (Å²) in [6.07, 6.45) is -0.374. The average molecular weight is 357 g/mol. The van der Waals surface area contributed by atoms with E-state index in [2.05, 4.69) is 0 Å². The molecule has 1 heterocycles. The number of rotatable bonds is 5. The lowest BCUT2D eigenvalue weighted by Crippen LogP contribution is -2.44. The van der Waals surface area contributed by atoms with Crippen LogP contribution in [-0.2, 0) is 28.1 Å². The Morgan fingerprint density at radius 2 is 1.88 bits per heavy atom. The third-order valence-electron chi connectivity index (χ3n) is 4.91. The van der Waals surface area contributed by atoms with Crippen LogP contribution in [0.25, 0.3) is 0 Å². The molecule has 1 atom stereocenters. The van der Waals surface area contributed by atoms with Gasteiger partial charge in [0.1, 0.15) is 11.6 Å². The third kappa shape index (κ3) is 3.14. The van der Waals surface area contributed by atoms with Gasteiger partial charge in [-0.3, -0.25) is 9.59 Å². The largest absolute Gasteiger partial charge is 0.496 e. The minimum atomic E-state index is -1.28. The van der Waals surface area contributed by atoms with Gasteiger partial charge in [-0.25, -0.2) is 4.39 Å². The molecule has 3 rings (SSSR count). The highest BCUT2D eigenvalue weighted by atomic mass is 19.1. The van der Waals surface area contributed by atoms with Crippen molar-refractivity contribution in [3.8, 4) is 5.75 Å². The van der Waals surface area contributed by atoms with Gasteiger partial charge in [0.2, 0.25) is 5.91 Å². The van der Waals surface area contributed by atoms with Crippen LogP contribution in [0.15, 0.2) is 42.5 Å². The van der Waals surface area contributed by atoms with Crippen LogP contribution in [0.3, 0.4) is 0 Å². The number of hydrogen-bond acceptors (Lipinski definition) is 3. The quantitative estimate of drug-likeness (QED) is 0.893. The van der Waals surface area contributed by atoms with Gasteiger partial charge in [0, 0.05) is 12.1 Å². The molecule has 2 aromatic rings. The van der Waals surface area contributed by atoms with Crippen molar-refractivity contribution in [2.75, 3.05) is 7.11 Å². The van der Waals surface area contributed by atoms with Gasteiger partial charge in [0.25, 0.3) is 0 Å². The summed E-state index contributed by atoms with van der Waals surface area (Å²) in [5.41, 5.74) is 1.11. The number of benzene rings is 2. The summed E-state index contributed by atoms with van der Waals surface area (Å²) in [5.74, 6) is -1.11. The molecule has 1 N–H and O–H groups in total. The first-order valence-corrected chi connectivity index (χ1v) is 8.27. The molecule has 0 spiro atoms. The van der Waals surface area contributed by atoms with Crippen molar-refractivity contribution in [1.82, 2.24) is 4.90 Å². The van der Waals surface area contributed by atoms with Crippen LogP contribution < -0.4 is 4.74 Å². The highest BCUT2D eigenvalue weighted by Crippen LogP contribution is 2.36. The standard InChI is InChI=1S/C20H20FNO4/c1-20(10-18(23)24,14-6-8-15(21)9-7-14)19(25)22-11-13-4-3-5-17(26-2)16(13)12-22/h3-9H,10-12H2,1-2H3,(H,23,24). The van der Waals surface area contributed by atoms with Crippen LogP contribution in [0, 0.1) is 5.82 Å². The number of nitrogens with zero attached hydrogens (tertiary/aromatic N) is 1. The van der Waals surface area contributed by atoms with Gasteiger partial charge < -0.3 is 14.7 Å². The minimum Gasteiger partial charge on any atom is -0.496 e. The molecule has 1 unspecified atom stereocenters. The Balaban J connectivity index is 1.94. The molecule has 6 heteroatoms. The van der Waals surface area contributed by atoms with E-state index in [0.717, 1.165) is 11.1 Å². The Labute approximate surface area is 151 Å². The molecule has 0 bridgehead atoms. The first-order valence-electron chi connectivity index (χ1n) is 8.27. The molecule has 0 aliphatic carbocycles. The van der Waals surface area contributed by atoms with E-state index in [4.69, 9.17) is 4.74 Å². The summed E-state index contributed by atoms with van der Waals surface area (Å²) >= 11 is 0. The van der Waals surface area contributed by atoms with Crippen LogP contribution in [0.5, 0.6) is 5.75 Å². The number of halogens is 1. The number of ether oxygens (including phenoxy) is 1. The second-order valence-corrected chi connectivity index (χ2v) is 6.67. The van der Waals surface area contributed by atoms with E-state index in [1.165, 1.54) is 24.3 Å². The zero-order chi connectivity index (χ0) is 18.9. The maximum atomic E-state index is 13.3. The summed E-state index contributed by atoms with van der Waals surface area (Å²) in [4.78, 5) is 26.3. The molecular weight excluding hydrogens is 337 g/mol. The van der Waals surface area contributed by atoms with Gasteiger partial charge in [-0.15, -0.1) is 0 Å². The van der Waals surface area contributed by atoms with Crippen LogP contribution in [0.2, 0.25) is 0 Å². The zero-order valence-electron chi connectivity index (χ0n) is 14.7. The van der Waals surface area contributed by atoms with E-state index in [1.54, 1.807) is 18.9 Å². The van der Waals surface area contributed by atoms with Crippen molar-refractivity contribution in [2.24, 2.45) is 0 Å². The number of amides is 1. The fraction of sp³-hybridized carbons (Fsp3) is 0.300. The maximum absolute atomic E-state index is 13.3. The monoisotopic (exact) mass is 357 g/mol. The van der Waals surface area contributed by atoms with Gasteiger partial charge in [0.15, 0.2) is 0 Å². The number of carbonyl (C=O) groups excluding carboxylic acids is 1. The molecule has 0 saturated heterocycles. The van der Waals surface area contributed by atoms with E-state index < -0.39 is 17.2 Å². The highest BCUT2D eigenvalue weighted by Gasteiger charge is 2.42. The van der Waals surface area contributed by atoms with Gasteiger partial charge in [-0.1, -0.05) is 24.3 Å². The van der Waals surface area contributed by atoms with Crippen LogP contribution >= 0.6 is 0 Å². The van der Waals surface area contributed by atoms with Gasteiger partial charge in [-0.2, -0.15) is 0 Å². The molecule has 136 valence electrons. The first kappa shape index (κ1) is 17.9. The molecule has 26 heavy (non-hydrogen) atoms. The summed E-state index contributed by atoms with van der Waals surface area (Å²) in [5, 5.41) is 9.35. The summed E-state index contributed by atoms with van der Waals surface area (Å²) in [6.45, 7) is 2.34. The van der Waals surface area contributed by atoms with Crippen molar-refractivity contribution >= 4 is 11.9 Å². The fourth-order valence-corrected chi connectivity index (χ4v) is 3.50. The molecule has 1 aliphatic heterocycles. The van der Waals surface area contributed by atoms with Gasteiger partial charge >= 0.3 is 5.97 Å². The smallest absolute Gasteiger partial charge is 0.304 e. The predicted octanol–water partition coefficient (Wildman–Crippen LogP) is 3.11. The lowest BCUT2D eigenvalue weighted by molar-refractivity contribution is -0.146. The Morgan fingerprint density at radius 1 is 1.19 bits per heavy atom. The van der Waals surface area contributed by atoms with Crippen molar-refractivity contribution < 1.29 is 23.8 Å². The van der Waals surface area contributed by atoms with E-state index in [1.807, 2.05) is 18.2 Å². The van der Waals surface area contributed by atoms with E-state index in [9.17, 15) is 19.1 Å². The molecule has 0 saturated carbocycles. The van der Waals surface area contributed by atoms with Crippen LogP contribution in [0.4, 0.5) is 4.39 Å². The van der Waals surface area contributed by atoms with Crippen molar-refractivity contribution in [3.63, 3.8) is 0 Å². The number of carbonyl (C=O) groups is 2. The number of aliphatic carboxylic acids is 1. The number of hydrogen-bond donors (Lipinski definition) is 1. The number of carboxylic acids is 1.